The van der Waals surface area contributed by atoms with Crippen LogP contribution < -0.4 is 0 Å². The van der Waals surface area contributed by atoms with Crippen LogP contribution in [0.1, 0.15) is 35.9 Å². The van der Waals surface area contributed by atoms with Crippen LogP contribution in [0.5, 0.6) is 0 Å². The molecule has 0 saturated carbocycles. The van der Waals surface area contributed by atoms with Gasteiger partial charge in [0.15, 0.2) is 0 Å². The molecule has 0 unspecified atom stereocenters. The molecule has 1 aromatic carbocycles. The summed E-state index contributed by atoms with van der Waals surface area (Å²) in [5.41, 5.74) is 1.96. The Labute approximate surface area is 182 Å². The van der Waals surface area contributed by atoms with Crippen LogP contribution in [0, 0.1) is 0 Å². The van der Waals surface area contributed by atoms with Gasteiger partial charge in [-0.15, -0.1) is 0 Å². The summed E-state index contributed by atoms with van der Waals surface area (Å²) in [5.74, 6) is 0.960. The maximum atomic E-state index is 12.7. The normalized spacial score (nSPS) is 16.1. The van der Waals surface area contributed by atoms with E-state index in [1.807, 2.05) is 6.07 Å². The predicted molar refractivity (Wildman–Crippen MR) is 113 cm³/mol. The van der Waals surface area contributed by atoms with Gasteiger partial charge in [-0.2, -0.15) is 18.2 Å². The van der Waals surface area contributed by atoms with Gasteiger partial charge in [0, 0.05) is 41.3 Å². The molecule has 32 heavy (non-hydrogen) atoms. The van der Waals surface area contributed by atoms with E-state index in [1.54, 1.807) is 0 Å². The SMILES string of the molecule is FC(F)(F)c1ccc(-c2noc(C3CCN(CCc4c[nH]c5ccccc45)CC3)n2)cn1. The molecule has 4 heterocycles. The minimum absolute atomic E-state index is 0.156. The molecule has 1 aliphatic heterocycles. The number of rotatable bonds is 5. The van der Waals surface area contributed by atoms with Crippen LogP contribution >= 0.6 is 0 Å². The number of likely N-dealkylation sites (tertiary alicyclic amines) is 1. The molecule has 0 spiro atoms. The Morgan fingerprint density at radius 3 is 2.66 bits per heavy atom. The van der Waals surface area contributed by atoms with Gasteiger partial charge in [0.05, 0.1) is 0 Å². The van der Waals surface area contributed by atoms with Crippen molar-refractivity contribution >= 4 is 10.9 Å². The van der Waals surface area contributed by atoms with Crippen LogP contribution in [0.25, 0.3) is 22.3 Å². The standard InChI is InChI=1S/C23H22F3N5O/c24-23(25,26)20-6-5-17(14-28-20)21-29-22(32-30-21)15-7-10-31(11-8-15)12-9-16-13-27-19-4-2-1-3-18(16)19/h1-6,13-15,27H,7-12H2. The Morgan fingerprint density at radius 2 is 1.91 bits per heavy atom. The molecule has 1 fully saturated rings. The number of aromatic nitrogens is 4. The van der Waals surface area contributed by atoms with Gasteiger partial charge in [0.2, 0.25) is 11.7 Å². The highest BCUT2D eigenvalue weighted by Gasteiger charge is 2.32. The number of alkyl halides is 3. The minimum Gasteiger partial charge on any atom is -0.361 e. The monoisotopic (exact) mass is 441 g/mol. The third-order valence-electron chi connectivity index (χ3n) is 6.06. The molecule has 4 aromatic rings. The van der Waals surface area contributed by atoms with Gasteiger partial charge in [-0.3, -0.25) is 4.98 Å². The molecular weight excluding hydrogens is 419 g/mol. The second-order valence-electron chi connectivity index (χ2n) is 8.11. The zero-order chi connectivity index (χ0) is 22.1. The molecule has 3 aromatic heterocycles. The van der Waals surface area contributed by atoms with Crippen molar-refractivity contribution < 1.29 is 17.7 Å². The first-order chi connectivity index (χ1) is 15.5. The molecule has 5 rings (SSSR count). The van der Waals surface area contributed by atoms with Crippen LogP contribution in [0.2, 0.25) is 0 Å². The van der Waals surface area contributed by atoms with Crippen molar-refractivity contribution in [3.8, 4) is 11.4 Å². The maximum Gasteiger partial charge on any atom is 0.433 e. The Bertz CT molecular complexity index is 1190. The topological polar surface area (TPSA) is 70.8 Å². The van der Waals surface area contributed by atoms with Crippen LogP contribution in [0.3, 0.4) is 0 Å². The molecular formula is C23H22F3N5O. The zero-order valence-corrected chi connectivity index (χ0v) is 17.3. The van der Waals surface area contributed by atoms with E-state index in [-0.39, 0.29) is 11.7 Å². The molecule has 1 aliphatic rings. The second kappa shape index (κ2) is 8.38. The molecule has 0 atom stereocenters. The van der Waals surface area contributed by atoms with Crippen molar-refractivity contribution in [2.45, 2.75) is 31.4 Å². The lowest BCUT2D eigenvalue weighted by molar-refractivity contribution is -0.141. The second-order valence-corrected chi connectivity index (χ2v) is 8.11. The molecule has 0 amide bonds. The number of hydrogen-bond donors (Lipinski definition) is 1. The highest BCUT2D eigenvalue weighted by atomic mass is 19.4. The van der Waals surface area contributed by atoms with Gasteiger partial charge >= 0.3 is 6.18 Å². The van der Waals surface area contributed by atoms with Crippen molar-refractivity contribution in [1.29, 1.82) is 0 Å². The summed E-state index contributed by atoms with van der Waals surface area (Å²) >= 11 is 0. The van der Waals surface area contributed by atoms with E-state index in [0.29, 0.717) is 11.5 Å². The fraction of sp³-hybridized carbons (Fsp3) is 0.348. The summed E-state index contributed by atoms with van der Waals surface area (Å²) in [6.07, 6.45) is 1.54. The Morgan fingerprint density at radius 1 is 1.09 bits per heavy atom. The van der Waals surface area contributed by atoms with E-state index in [2.05, 4.69) is 49.4 Å². The van der Waals surface area contributed by atoms with E-state index < -0.39 is 11.9 Å². The number of para-hydroxylation sites is 1. The van der Waals surface area contributed by atoms with Crippen molar-refractivity contribution in [2.24, 2.45) is 0 Å². The number of aromatic amines is 1. The largest absolute Gasteiger partial charge is 0.433 e. The molecule has 166 valence electrons. The molecule has 0 radical (unpaired) electrons. The van der Waals surface area contributed by atoms with E-state index in [4.69, 9.17) is 4.52 Å². The maximum absolute atomic E-state index is 12.7. The lowest BCUT2D eigenvalue weighted by Crippen LogP contribution is -2.34. The van der Waals surface area contributed by atoms with E-state index in [9.17, 15) is 13.2 Å². The summed E-state index contributed by atoms with van der Waals surface area (Å²) in [4.78, 5) is 13.6. The smallest absolute Gasteiger partial charge is 0.361 e. The van der Waals surface area contributed by atoms with Crippen molar-refractivity contribution in [2.75, 3.05) is 19.6 Å². The van der Waals surface area contributed by atoms with E-state index in [0.717, 1.165) is 56.7 Å². The first kappa shape index (κ1) is 20.7. The Kier molecular flexibility index (Phi) is 5.42. The van der Waals surface area contributed by atoms with E-state index in [1.165, 1.54) is 17.0 Å². The summed E-state index contributed by atoms with van der Waals surface area (Å²) in [6, 6.07) is 10.6. The summed E-state index contributed by atoms with van der Waals surface area (Å²) in [5, 5.41) is 5.22. The van der Waals surface area contributed by atoms with Crippen LogP contribution in [-0.4, -0.2) is 44.6 Å². The lowest BCUT2D eigenvalue weighted by Gasteiger charge is -2.30. The minimum atomic E-state index is -4.47. The highest BCUT2D eigenvalue weighted by Crippen LogP contribution is 2.31. The number of benzene rings is 1. The number of fused-ring (bicyclic) bond motifs is 1. The van der Waals surface area contributed by atoms with Gasteiger partial charge in [-0.1, -0.05) is 23.4 Å². The first-order valence-corrected chi connectivity index (χ1v) is 10.6. The average molecular weight is 441 g/mol. The van der Waals surface area contributed by atoms with Gasteiger partial charge < -0.3 is 14.4 Å². The zero-order valence-electron chi connectivity index (χ0n) is 17.3. The molecule has 6 nitrogen and oxygen atoms in total. The lowest BCUT2D eigenvalue weighted by atomic mass is 9.96. The van der Waals surface area contributed by atoms with Gasteiger partial charge in [-0.25, -0.2) is 0 Å². The average Bonchev–Trinajstić information content (AvgIpc) is 3.45. The van der Waals surface area contributed by atoms with Gasteiger partial charge in [0.1, 0.15) is 5.69 Å². The molecule has 1 N–H and O–H groups in total. The summed E-state index contributed by atoms with van der Waals surface area (Å²) in [6.45, 7) is 2.86. The molecule has 0 aliphatic carbocycles. The quantitative estimate of drug-likeness (QED) is 0.469. The highest BCUT2D eigenvalue weighted by molar-refractivity contribution is 5.83. The van der Waals surface area contributed by atoms with Gasteiger partial charge in [-0.05, 0) is 56.1 Å². The fourth-order valence-corrected chi connectivity index (χ4v) is 4.23. The first-order valence-electron chi connectivity index (χ1n) is 10.6. The molecule has 9 heteroatoms. The number of pyridine rings is 1. The fourth-order valence-electron chi connectivity index (χ4n) is 4.23. The third-order valence-corrected chi connectivity index (χ3v) is 6.06. The van der Waals surface area contributed by atoms with Crippen LogP contribution in [0.15, 0.2) is 53.3 Å². The van der Waals surface area contributed by atoms with E-state index >= 15 is 0 Å². The number of nitrogens with one attached hydrogen (secondary N) is 1. The Balaban J connectivity index is 1.17. The summed E-state index contributed by atoms with van der Waals surface area (Å²) in [7, 11) is 0. The van der Waals surface area contributed by atoms with Gasteiger partial charge in [0.25, 0.3) is 0 Å². The number of hydrogen-bond acceptors (Lipinski definition) is 5. The predicted octanol–water partition coefficient (Wildman–Crippen LogP) is 5.05. The molecule has 0 bridgehead atoms. The van der Waals surface area contributed by atoms with Crippen molar-refractivity contribution in [1.82, 2.24) is 25.0 Å². The number of H-pyrrole nitrogens is 1. The van der Waals surface area contributed by atoms with Crippen LogP contribution in [0.4, 0.5) is 13.2 Å². The van der Waals surface area contributed by atoms with Crippen LogP contribution in [-0.2, 0) is 12.6 Å². The summed E-state index contributed by atoms with van der Waals surface area (Å²) < 4.78 is 43.5. The number of nitrogens with zero attached hydrogens (tertiary/aromatic N) is 4. The third kappa shape index (κ3) is 4.25. The molecule has 1 saturated heterocycles. The van der Waals surface area contributed by atoms with Crippen molar-refractivity contribution in [3.05, 3.63) is 65.9 Å². The number of halogens is 3. The van der Waals surface area contributed by atoms with Crippen molar-refractivity contribution in [3.63, 3.8) is 0 Å². The number of piperidine rings is 1. The Hall–Kier alpha value is -3.20.